The number of aromatic carboxylic acids is 1. The second-order valence-electron chi connectivity index (χ2n) is 8.16. The van der Waals surface area contributed by atoms with E-state index in [1.54, 1.807) is 25.4 Å². The molecule has 0 unspecified atom stereocenters. The lowest BCUT2D eigenvalue weighted by Gasteiger charge is -2.39. The van der Waals surface area contributed by atoms with Gasteiger partial charge in [0.2, 0.25) is 0 Å². The number of carboxylic acid groups (broad SMARTS) is 1. The second-order valence-corrected chi connectivity index (χ2v) is 8.96. The number of hydrogen-bond donors (Lipinski definition) is 2. The summed E-state index contributed by atoms with van der Waals surface area (Å²) < 4.78 is 1.80. The molecular formula is C21H25BrN4O3. The van der Waals surface area contributed by atoms with Gasteiger partial charge in [-0.2, -0.15) is 5.10 Å². The normalized spacial score (nSPS) is 22.4. The van der Waals surface area contributed by atoms with Gasteiger partial charge in [0.15, 0.2) is 0 Å². The van der Waals surface area contributed by atoms with E-state index in [2.05, 4.69) is 31.2 Å². The van der Waals surface area contributed by atoms with E-state index in [-0.39, 0.29) is 11.6 Å². The fourth-order valence-corrected chi connectivity index (χ4v) is 4.55. The molecule has 1 saturated heterocycles. The molecule has 154 valence electrons. The summed E-state index contributed by atoms with van der Waals surface area (Å²) in [6.45, 7) is 2.98. The summed E-state index contributed by atoms with van der Waals surface area (Å²) >= 11 is 3.40. The molecule has 2 N–H and O–H groups in total. The topological polar surface area (TPSA) is 87.5 Å². The Balaban J connectivity index is 1.54. The minimum absolute atomic E-state index is 0.165. The maximum atomic E-state index is 12.2. The van der Waals surface area contributed by atoms with Gasteiger partial charge in [-0.3, -0.25) is 4.79 Å². The van der Waals surface area contributed by atoms with Crippen LogP contribution in [0.1, 0.15) is 41.1 Å². The Morgan fingerprint density at radius 3 is 2.66 bits per heavy atom. The molecule has 1 aromatic heterocycles. The number of nitrogens with one attached hydrogen (secondary N) is 1. The molecule has 2 fully saturated rings. The number of piperidine rings is 1. The molecule has 1 aliphatic heterocycles. The standard InChI is InChI=1S/C21H25BrN4O3/c1-25-20(27)19(22)18(9-23-25)24-17-8-16(11-26(12-17)10-13-2-3-13)14-4-6-15(7-5-14)21(28)29/h4-7,9,13,16-17,24H,2-3,8,10-12H2,1H3,(H,28,29)/t16-,17+/m0/s1. The maximum absolute atomic E-state index is 12.2. The predicted molar refractivity (Wildman–Crippen MR) is 115 cm³/mol. The van der Waals surface area contributed by atoms with E-state index in [0.717, 1.165) is 37.5 Å². The zero-order chi connectivity index (χ0) is 20.5. The van der Waals surface area contributed by atoms with Crippen molar-refractivity contribution in [1.29, 1.82) is 0 Å². The number of anilines is 1. The zero-order valence-electron chi connectivity index (χ0n) is 16.3. The summed E-state index contributed by atoms with van der Waals surface area (Å²) in [5, 5.41) is 16.8. The predicted octanol–water partition coefficient (Wildman–Crippen LogP) is 2.92. The number of aryl methyl sites for hydroxylation is 1. The molecule has 0 radical (unpaired) electrons. The van der Waals surface area contributed by atoms with E-state index < -0.39 is 5.97 Å². The van der Waals surface area contributed by atoms with Gasteiger partial charge in [0.1, 0.15) is 4.47 Å². The smallest absolute Gasteiger partial charge is 0.335 e. The highest BCUT2D eigenvalue weighted by molar-refractivity contribution is 9.10. The molecule has 4 rings (SSSR count). The van der Waals surface area contributed by atoms with E-state index >= 15 is 0 Å². The van der Waals surface area contributed by atoms with Crippen LogP contribution in [-0.4, -0.2) is 51.4 Å². The number of aromatic nitrogens is 2. The van der Waals surface area contributed by atoms with E-state index in [1.807, 2.05) is 12.1 Å². The highest BCUT2D eigenvalue weighted by Crippen LogP contribution is 2.34. The van der Waals surface area contributed by atoms with Gasteiger partial charge in [-0.25, -0.2) is 9.48 Å². The van der Waals surface area contributed by atoms with Crippen molar-refractivity contribution in [1.82, 2.24) is 14.7 Å². The molecular weight excluding hydrogens is 436 g/mol. The van der Waals surface area contributed by atoms with Crippen LogP contribution in [-0.2, 0) is 7.05 Å². The summed E-state index contributed by atoms with van der Waals surface area (Å²) in [5.74, 6) is 0.195. The van der Waals surface area contributed by atoms with Crippen molar-refractivity contribution in [2.75, 3.05) is 25.0 Å². The molecule has 2 aliphatic rings. The number of benzene rings is 1. The summed E-state index contributed by atoms with van der Waals surface area (Å²) in [5.41, 5.74) is 2.01. The molecule has 1 aliphatic carbocycles. The number of carboxylic acids is 1. The third kappa shape index (κ3) is 4.70. The van der Waals surface area contributed by atoms with Crippen molar-refractivity contribution in [2.45, 2.75) is 31.2 Å². The van der Waals surface area contributed by atoms with Crippen LogP contribution >= 0.6 is 15.9 Å². The van der Waals surface area contributed by atoms with Gasteiger partial charge in [0.05, 0.1) is 17.4 Å². The van der Waals surface area contributed by atoms with Crippen molar-refractivity contribution in [2.24, 2.45) is 13.0 Å². The van der Waals surface area contributed by atoms with Crippen LogP contribution in [0.2, 0.25) is 0 Å². The highest BCUT2D eigenvalue weighted by Gasteiger charge is 2.32. The molecule has 29 heavy (non-hydrogen) atoms. The highest BCUT2D eigenvalue weighted by atomic mass is 79.9. The lowest BCUT2D eigenvalue weighted by Crippen LogP contribution is -2.46. The lowest BCUT2D eigenvalue weighted by molar-refractivity contribution is 0.0697. The molecule has 7 nitrogen and oxygen atoms in total. The first-order chi connectivity index (χ1) is 13.9. The first-order valence-corrected chi connectivity index (χ1v) is 10.7. The largest absolute Gasteiger partial charge is 0.478 e. The van der Waals surface area contributed by atoms with Gasteiger partial charge in [0, 0.05) is 32.7 Å². The minimum Gasteiger partial charge on any atom is -0.478 e. The van der Waals surface area contributed by atoms with Gasteiger partial charge in [0.25, 0.3) is 5.56 Å². The second kappa shape index (κ2) is 8.28. The third-order valence-corrected chi connectivity index (χ3v) is 6.57. The SMILES string of the molecule is Cn1ncc(N[C@@H]2C[C@H](c3ccc(C(=O)O)cc3)CN(CC3CC3)C2)c(Br)c1=O. The molecule has 8 heteroatoms. The quantitative estimate of drug-likeness (QED) is 0.688. The van der Waals surface area contributed by atoms with Crippen molar-refractivity contribution >= 4 is 27.6 Å². The van der Waals surface area contributed by atoms with Gasteiger partial charge < -0.3 is 15.3 Å². The van der Waals surface area contributed by atoms with Crippen LogP contribution in [0, 0.1) is 5.92 Å². The van der Waals surface area contributed by atoms with E-state index in [1.165, 1.54) is 17.5 Å². The van der Waals surface area contributed by atoms with Crippen LogP contribution in [0.5, 0.6) is 0 Å². The van der Waals surface area contributed by atoms with Crippen molar-refractivity contribution in [3.05, 3.63) is 56.4 Å². The Bertz CT molecular complexity index is 955. The van der Waals surface area contributed by atoms with Crippen LogP contribution in [0.25, 0.3) is 0 Å². The Kier molecular flexibility index (Phi) is 5.74. The Morgan fingerprint density at radius 2 is 2.00 bits per heavy atom. The molecule has 0 amide bonds. The third-order valence-electron chi connectivity index (χ3n) is 5.81. The first-order valence-electron chi connectivity index (χ1n) is 9.94. The molecule has 2 heterocycles. The number of rotatable bonds is 6. The van der Waals surface area contributed by atoms with Crippen LogP contribution in [0.4, 0.5) is 5.69 Å². The zero-order valence-corrected chi connectivity index (χ0v) is 17.9. The van der Waals surface area contributed by atoms with Crippen molar-refractivity contribution in [3.8, 4) is 0 Å². The maximum Gasteiger partial charge on any atom is 0.335 e. The molecule has 0 spiro atoms. The fourth-order valence-electron chi connectivity index (χ4n) is 4.08. The van der Waals surface area contributed by atoms with E-state index in [0.29, 0.717) is 21.6 Å². The number of likely N-dealkylation sites (tertiary alicyclic amines) is 1. The van der Waals surface area contributed by atoms with Gasteiger partial charge >= 0.3 is 5.97 Å². The van der Waals surface area contributed by atoms with Gasteiger partial charge in [-0.1, -0.05) is 12.1 Å². The lowest BCUT2D eigenvalue weighted by atomic mass is 9.87. The average molecular weight is 461 g/mol. The van der Waals surface area contributed by atoms with Crippen LogP contribution < -0.4 is 10.9 Å². The number of nitrogens with zero attached hydrogens (tertiary/aromatic N) is 3. The molecule has 1 aromatic carbocycles. The molecule has 0 bridgehead atoms. The number of carbonyl (C=O) groups is 1. The van der Waals surface area contributed by atoms with Crippen LogP contribution in [0.15, 0.2) is 39.7 Å². The molecule has 1 saturated carbocycles. The fraction of sp³-hybridized carbons (Fsp3) is 0.476. The van der Waals surface area contributed by atoms with E-state index in [9.17, 15) is 9.59 Å². The molecule has 2 aromatic rings. The Labute approximate surface area is 177 Å². The van der Waals surface area contributed by atoms with Gasteiger partial charge in [-0.15, -0.1) is 0 Å². The van der Waals surface area contributed by atoms with Crippen LogP contribution in [0.3, 0.4) is 0 Å². The van der Waals surface area contributed by atoms with E-state index in [4.69, 9.17) is 5.11 Å². The van der Waals surface area contributed by atoms with Crippen molar-refractivity contribution in [3.63, 3.8) is 0 Å². The Hall–Kier alpha value is -2.19. The minimum atomic E-state index is -0.905. The summed E-state index contributed by atoms with van der Waals surface area (Å²) in [6.07, 6.45) is 5.20. The monoisotopic (exact) mass is 460 g/mol. The first kappa shape index (κ1) is 20.1. The number of halogens is 1. The van der Waals surface area contributed by atoms with Gasteiger partial charge in [-0.05, 0) is 64.7 Å². The van der Waals surface area contributed by atoms with Crippen molar-refractivity contribution < 1.29 is 9.90 Å². The summed E-state index contributed by atoms with van der Waals surface area (Å²) in [6, 6.07) is 7.41. The summed E-state index contributed by atoms with van der Waals surface area (Å²) in [4.78, 5) is 25.8. The molecule has 2 atom stereocenters. The number of hydrogen-bond acceptors (Lipinski definition) is 5. The average Bonchev–Trinajstić information content (AvgIpc) is 3.52. The summed E-state index contributed by atoms with van der Waals surface area (Å²) in [7, 11) is 1.63. The Morgan fingerprint density at radius 1 is 1.28 bits per heavy atom.